The predicted molar refractivity (Wildman–Crippen MR) is 67.1 cm³/mol. The van der Waals surface area contributed by atoms with Gasteiger partial charge in [0.1, 0.15) is 0 Å². The molecule has 0 saturated carbocycles. The minimum atomic E-state index is -0.888. The molecule has 0 saturated heterocycles. The fourth-order valence-corrected chi connectivity index (χ4v) is 1.75. The van der Waals surface area contributed by atoms with Crippen molar-refractivity contribution in [2.75, 3.05) is 18.6 Å². The second-order valence-corrected chi connectivity index (χ2v) is 5.34. The van der Waals surface area contributed by atoms with E-state index in [-0.39, 0.29) is 10.9 Å². The quantitative estimate of drug-likeness (QED) is 0.632. The maximum absolute atomic E-state index is 11.6. The summed E-state index contributed by atoms with van der Waals surface area (Å²) in [6.45, 7) is 2.38. The van der Waals surface area contributed by atoms with Crippen LogP contribution in [-0.4, -0.2) is 33.7 Å². The van der Waals surface area contributed by atoms with Gasteiger partial charge in [-0.25, -0.2) is 0 Å². The van der Waals surface area contributed by atoms with Crippen LogP contribution in [0.4, 0.5) is 0 Å². The summed E-state index contributed by atoms with van der Waals surface area (Å²) in [6, 6.07) is 0. The van der Waals surface area contributed by atoms with E-state index in [1.54, 1.807) is 6.26 Å². The van der Waals surface area contributed by atoms with Gasteiger partial charge >= 0.3 is 0 Å². The smallest absolute Gasteiger partial charge is 0.229 e. The van der Waals surface area contributed by atoms with E-state index in [2.05, 4.69) is 5.32 Å². The molecular formula is C9H18N2O2S2. The topological polar surface area (TPSA) is 72.2 Å². The Balaban J connectivity index is 4.03. The van der Waals surface area contributed by atoms with Crippen LogP contribution in [0.1, 0.15) is 19.8 Å². The molecule has 6 heteroatoms. The lowest BCUT2D eigenvalue weighted by molar-refractivity contribution is -0.123. The van der Waals surface area contributed by atoms with E-state index in [0.717, 1.165) is 6.42 Å². The summed E-state index contributed by atoms with van der Waals surface area (Å²) < 4.78 is 10.8. The monoisotopic (exact) mass is 250 g/mol. The SMILES string of the molecule is CCCC(C(=O)NCCS(C)=O)C(N)=S. The zero-order valence-electron chi connectivity index (χ0n) is 9.12. The van der Waals surface area contributed by atoms with E-state index >= 15 is 0 Å². The minimum Gasteiger partial charge on any atom is -0.393 e. The number of hydrogen-bond donors (Lipinski definition) is 2. The third kappa shape index (κ3) is 6.57. The molecule has 88 valence electrons. The molecule has 2 unspecified atom stereocenters. The maximum Gasteiger partial charge on any atom is 0.229 e. The van der Waals surface area contributed by atoms with Gasteiger partial charge in [0.15, 0.2) is 0 Å². The first-order valence-electron chi connectivity index (χ1n) is 4.86. The maximum atomic E-state index is 11.6. The molecule has 0 bridgehead atoms. The van der Waals surface area contributed by atoms with Crippen molar-refractivity contribution in [1.82, 2.24) is 5.32 Å². The van der Waals surface area contributed by atoms with Gasteiger partial charge in [-0.3, -0.25) is 9.00 Å². The van der Waals surface area contributed by atoms with Gasteiger partial charge in [-0.15, -0.1) is 0 Å². The molecule has 0 spiro atoms. The molecule has 0 aromatic heterocycles. The number of nitrogens with two attached hydrogens (primary N) is 1. The van der Waals surface area contributed by atoms with Gasteiger partial charge in [0.25, 0.3) is 0 Å². The Morgan fingerprint density at radius 1 is 1.60 bits per heavy atom. The number of amides is 1. The summed E-state index contributed by atoms with van der Waals surface area (Å²) in [6.07, 6.45) is 3.12. The lowest BCUT2D eigenvalue weighted by Crippen LogP contribution is -2.39. The molecule has 0 aliphatic rings. The molecule has 1 amide bonds. The van der Waals surface area contributed by atoms with Crippen LogP contribution >= 0.6 is 12.2 Å². The number of hydrogen-bond acceptors (Lipinski definition) is 3. The zero-order chi connectivity index (χ0) is 11.8. The molecule has 0 rings (SSSR count). The van der Waals surface area contributed by atoms with Crippen molar-refractivity contribution in [2.45, 2.75) is 19.8 Å². The Morgan fingerprint density at radius 2 is 2.20 bits per heavy atom. The van der Waals surface area contributed by atoms with Gasteiger partial charge in [0, 0.05) is 29.4 Å². The predicted octanol–water partition coefficient (Wildman–Crippen LogP) is 0.184. The molecule has 0 aromatic rings. The summed E-state index contributed by atoms with van der Waals surface area (Å²) in [5.74, 6) is -0.0906. The second kappa shape index (κ2) is 7.76. The van der Waals surface area contributed by atoms with Crippen molar-refractivity contribution in [3.05, 3.63) is 0 Å². The van der Waals surface area contributed by atoms with Crippen LogP contribution in [0.5, 0.6) is 0 Å². The minimum absolute atomic E-state index is 0.158. The molecule has 0 fully saturated rings. The van der Waals surface area contributed by atoms with Gasteiger partial charge in [-0.05, 0) is 6.42 Å². The second-order valence-electron chi connectivity index (χ2n) is 3.31. The highest BCUT2D eigenvalue weighted by molar-refractivity contribution is 7.84. The summed E-state index contributed by atoms with van der Waals surface area (Å²) in [7, 11) is -0.888. The largest absolute Gasteiger partial charge is 0.393 e. The van der Waals surface area contributed by atoms with Crippen LogP contribution in [0.3, 0.4) is 0 Å². The third-order valence-electron chi connectivity index (χ3n) is 1.93. The molecule has 3 N–H and O–H groups in total. The van der Waals surface area contributed by atoms with Crippen molar-refractivity contribution >= 4 is 33.9 Å². The highest BCUT2D eigenvalue weighted by atomic mass is 32.2. The van der Waals surface area contributed by atoms with Crippen molar-refractivity contribution in [3.63, 3.8) is 0 Å². The Bertz CT molecular complexity index is 256. The normalized spacial score (nSPS) is 14.3. The van der Waals surface area contributed by atoms with Crippen LogP contribution in [0.25, 0.3) is 0 Å². The fourth-order valence-electron chi connectivity index (χ4n) is 1.13. The highest BCUT2D eigenvalue weighted by Gasteiger charge is 2.19. The van der Waals surface area contributed by atoms with E-state index in [9.17, 15) is 9.00 Å². The average Bonchev–Trinajstić information content (AvgIpc) is 2.12. The standard InChI is InChI=1S/C9H18N2O2S2/c1-3-4-7(8(10)14)9(12)11-5-6-15(2)13/h7H,3-6H2,1-2H3,(H2,10,14)(H,11,12). The summed E-state index contributed by atoms with van der Waals surface area (Å²) in [5, 5.41) is 2.68. The Kier molecular flexibility index (Phi) is 7.50. The summed E-state index contributed by atoms with van der Waals surface area (Å²) in [4.78, 5) is 11.8. The Hall–Kier alpha value is -0.490. The van der Waals surface area contributed by atoms with E-state index in [0.29, 0.717) is 18.7 Å². The van der Waals surface area contributed by atoms with Crippen LogP contribution < -0.4 is 11.1 Å². The van der Waals surface area contributed by atoms with E-state index < -0.39 is 16.7 Å². The molecule has 15 heavy (non-hydrogen) atoms. The van der Waals surface area contributed by atoms with Gasteiger partial charge in [0.05, 0.1) is 10.9 Å². The molecule has 2 atom stereocenters. The van der Waals surface area contributed by atoms with Gasteiger partial charge < -0.3 is 11.1 Å². The van der Waals surface area contributed by atoms with Crippen molar-refractivity contribution < 1.29 is 9.00 Å². The Morgan fingerprint density at radius 3 is 2.60 bits per heavy atom. The molecule has 0 radical (unpaired) electrons. The molecule has 0 aliphatic heterocycles. The first-order valence-corrected chi connectivity index (χ1v) is 6.99. The number of carbonyl (C=O) groups is 1. The lowest BCUT2D eigenvalue weighted by Gasteiger charge is -2.14. The third-order valence-corrected chi connectivity index (χ3v) is 2.99. The lowest BCUT2D eigenvalue weighted by atomic mass is 10.0. The molecule has 0 aromatic carbocycles. The van der Waals surface area contributed by atoms with Gasteiger partial charge in [-0.1, -0.05) is 25.6 Å². The highest BCUT2D eigenvalue weighted by Crippen LogP contribution is 2.06. The number of thiocarbonyl (C=S) groups is 1. The first kappa shape index (κ1) is 14.5. The first-order chi connectivity index (χ1) is 6.99. The van der Waals surface area contributed by atoms with Crippen molar-refractivity contribution in [3.8, 4) is 0 Å². The van der Waals surface area contributed by atoms with Crippen molar-refractivity contribution in [2.24, 2.45) is 11.7 Å². The van der Waals surface area contributed by atoms with Crippen molar-refractivity contribution in [1.29, 1.82) is 0 Å². The molecule has 4 nitrogen and oxygen atoms in total. The number of nitrogens with one attached hydrogen (secondary N) is 1. The van der Waals surface area contributed by atoms with E-state index in [1.165, 1.54) is 0 Å². The van der Waals surface area contributed by atoms with Crippen LogP contribution in [-0.2, 0) is 15.6 Å². The fraction of sp³-hybridized carbons (Fsp3) is 0.778. The van der Waals surface area contributed by atoms with Crippen LogP contribution in [0, 0.1) is 5.92 Å². The zero-order valence-corrected chi connectivity index (χ0v) is 10.7. The van der Waals surface area contributed by atoms with E-state index in [4.69, 9.17) is 18.0 Å². The van der Waals surface area contributed by atoms with Crippen LogP contribution in [0.15, 0.2) is 0 Å². The Labute approximate surface area is 98.4 Å². The number of rotatable bonds is 7. The van der Waals surface area contributed by atoms with Gasteiger partial charge in [0.2, 0.25) is 5.91 Å². The van der Waals surface area contributed by atoms with Gasteiger partial charge in [-0.2, -0.15) is 0 Å². The molecule has 0 heterocycles. The summed E-state index contributed by atoms with van der Waals surface area (Å²) in [5.41, 5.74) is 5.47. The van der Waals surface area contributed by atoms with Crippen LogP contribution in [0.2, 0.25) is 0 Å². The molecular weight excluding hydrogens is 232 g/mol. The molecule has 0 aliphatic carbocycles. The summed E-state index contributed by atoms with van der Waals surface area (Å²) >= 11 is 4.82. The average molecular weight is 250 g/mol. The van der Waals surface area contributed by atoms with E-state index in [1.807, 2.05) is 6.92 Å². The number of carbonyl (C=O) groups excluding carboxylic acids is 1.